The number of carbonyl (C=O) groups is 1. The van der Waals surface area contributed by atoms with E-state index in [0.717, 1.165) is 16.3 Å². The van der Waals surface area contributed by atoms with Crippen LogP contribution in [0.1, 0.15) is 23.2 Å². The Hall–Kier alpha value is -1.55. The molecule has 0 saturated heterocycles. The molecule has 1 heterocycles. The molecule has 2 nitrogen and oxygen atoms in total. The van der Waals surface area contributed by atoms with Gasteiger partial charge in [-0.1, -0.05) is 12.1 Å². The zero-order chi connectivity index (χ0) is 12.3. The molecule has 0 spiro atoms. The van der Waals surface area contributed by atoms with Crippen molar-refractivity contribution in [3.63, 3.8) is 0 Å². The summed E-state index contributed by atoms with van der Waals surface area (Å²) < 4.78 is 12.7. The number of Topliss-reactive ketones (excluding diaryl/α,β-unsaturated/α-hetero) is 1. The number of ketones is 1. The zero-order valence-electron chi connectivity index (χ0n) is 9.44. The standard InChI is InChI=1S/C13H12FNOS/c1-9(16)6-12-8-17-13(15-12)7-10-2-4-11(14)5-3-10/h2-5,8H,6-7H2,1H3. The summed E-state index contributed by atoms with van der Waals surface area (Å²) in [5, 5.41) is 2.85. The van der Waals surface area contributed by atoms with E-state index in [2.05, 4.69) is 4.98 Å². The largest absolute Gasteiger partial charge is 0.300 e. The van der Waals surface area contributed by atoms with Crippen LogP contribution in [0, 0.1) is 5.82 Å². The van der Waals surface area contributed by atoms with Crippen LogP contribution in [0.3, 0.4) is 0 Å². The van der Waals surface area contributed by atoms with Crippen LogP contribution in [0.5, 0.6) is 0 Å². The van der Waals surface area contributed by atoms with Gasteiger partial charge in [0.2, 0.25) is 0 Å². The fraction of sp³-hybridized carbons (Fsp3) is 0.231. The van der Waals surface area contributed by atoms with Crippen LogP contribution in [-0.2, 0) is 17.6 Å². The van der Waals surface area contributed by atoms with Crippen LogP contribution in [0.25, 0.3) is 0 Å². The first-order chi connectivity index (χ1) is 8.13. The Bertz CT molecular complexity index is 518. The van der Waals surface area contributed by atoms with Crippen molar-refractivity contribution in [2.45, 2.75) is 19.8 Å². The SMILES string of the molecule is CC(=O)Cc1csc(Cc2ccc(F)cc2)n1. The third-order valence-electron chi connectivity index (χ3n) is 2.30. The predicted octanol–water partition coefficient (Wildman–Crippen LogP) is 3.00. The normalized spacial score (nSPS) is 10.5. The lowest BCUT2D eigenvalue weighted by Crippen LogP contribution is -1.97. The molecule has 0 aliphatic rings. The maximum absolute atomic E-state index is 12.7. The summed E-state index contributed by atoms with van der Waals surface area (Å²) >= 11 is 1.53. The van der Waals surface area contributed by atoms with Crippen LogP contribution < -0.4 is 0 Å². The van der Waals surface area contributed by atoms with Gasteiger partial charge < -0.3 is 0 Å². The molecule has 0 aliphatic carbocycles. The highest BCUT2D eigenvalue weighted by Gasteiger charge is 2.05. The highest BCUT2D eigenvalue weighted by atomic mass is 32.1. The monoisotopic (exact) mass is 249 g/mol. The second kappa shape index (κ2) is 5.19. The Morgan fingerprint density at radius 1 is 1.35 bits per heavy atom. The van der Waals surface area contributed by atoms with Gasteiger partial charge in [0.15, 0.2) is 0 Å². The number of carbonyl (C=O) groups excluding carboxylic acids is 1. The van der Waals surface area contributed by atoms with Crippen molar-refractivity contribution in [2.24, 2.45) is 0 Å². The van der Waals surface area contributed by atoms with Crippen LogP contribution in [0.2, 0.25) is 0 Å². The van der Waals surface area contributed by atoms with Crippen molar-refractivity contribution in [3.05, 3.63) is 51.7 Å². The van der Waals surface area contributed by atoms with E-state index in [4.69, 9.17) is 0 Å². The fourth-order valence-corrected chi connectivity index (χ4v) is 2.37. The maximum Gasteiger partial charge on any atom is 0.135 e. The maximum atomic E-state index is 12.7. The first-order valence-corrected chi connectivity index (χ1v) is 6.18. The molecule has 0 aliphatic heterocycles. The van der Waals surface area contributed by atoms with E-state index in [-0.39, 0.29) is 11.6 Å². The van der Waals surface area contributed by atoms with Gasteiger partial charge in [-0.25, -0.2) is 9.37 Å². The topological polar surface area (TPSA) is 30.0 Å². The van der Waals surface area contributed by atoms with Gasteiger partial charge in [0, 0.05) is 18.2 Å². The Labute approximate surface area is 103 Å². The van der Waals surface area contributed by atoms with E-state index in [9.17, 15) is 9.18 Å². The lowest BCUT2D eigenvalue weighted by molar-refractivity contribution is -0.116. The van der Waals surface area contributed by atoms with E-state index in [0.29, 0.717) is 12.8 Å². The molecule has 88 valence electrons. The molecule has 0 radical (unpaired) electrons. The lowest BCUT2D eigenvalue weighted by atomic mass is 10.1. The Morgan fingerprint density at radius 3 is 2.71 bits per heavy atom. The predicted molar refractivity (Wildman–Crippen MR) is 65.7 cm³/mol. The average Bonchev–Trinajstić information content (AvgIpc) is 2.68. The van der Waals surface area contributed by atoms with Crippen LogP contribution >= 0.6 is 11.3 Å². The van der Waals surface area contributed by atoms with E-state index < -0.39 is 0 Å². The van der Waals surface area contributed by atoms with E-state index in [1.54, 1.807) is 19.1 Å². The summed E-state index contributed by atoms with van der Waals surface area (Å²) in [5.41, 5.74) is 1.84. The quantitative estimate of drug-likeness (QED) is 0.833. The average molecular weight is 249 g/mol. The number of halogens is 1. The van der Waals surface area contributed by atoms with E-state index in [1.807, 2.05) is 5.38 Å². The number of thiazole rings is 1. The van der Waals surface area contributed by atoms with Crippen molar-refractivity contribution >= 4 is 17.1 Å². The second-order valence-electron chi connectivity index (χ2n) is 3.91. The van der Waals surface area contributed by atoms with Gasteiger partial charge in [0.05, 0.1) is 10.7 Å². The molecule has 0 fully saturated rings. The third-order valence-corrected chi connectivity index (χ3v) is 3.20. The van der Waals surface area contributed by atoms with Gasteiger partial charge in [-0.3, -0.25) is 4.79 Å². The summed E-state index contributed by atoms with van der Waals surface area (Å²) in [4.78, 5) is 15.3. The van der Waals surface area contributed by atoms with Gasteiger partial charge in [0.1, 0.15) is 11.6 Å². The minimum atomic E-state index is -0.231. The van der Waals surface area contributed by atoms with Crippen molar-refractivity contribution in [2.75, 3.05) is 0 Å². The molecule has 2 aromatic rings. The molecule has 1 aromatic carbocycles. The van der Waals surface area contributed by atoms with Crippen LogP contribution in [0.4, 0.5) is 4.39 Å². The number of aromatic nitrogens is 1. The third kappa shape index (κ3) is 3.46. The summed E-state index contributed by atoms with van der Waals surface area (Å²) in [5.74, 6) is -0.117. The lowest BCUT2D eigenvalue weighted by Gasteiger charge is -1.97. The van der Waals surface area contributed by atoms with Gasteiger partial charge in [0.25, 0.3) is 0 Å². The molecule has 4 heteroatoms. The molecule has 0 N–H and O–H groups in total. The molecule has 0 atom stereocenters. The molecular formula is C13H12FNOS. The number of hydrogen-bond acceptors (Lipinski definition) is 3. The molecule has 0 saturated carbocycles. The Kier molecular flexibility index (Phi) is 3.64. The van der Waals surface area contributed by atoms with Crippen LogP contribution in [-0.4, -0.2) is 10.8 Å². The first kappa shape index (κ1) is 11.9. The number of rotatable bonds is 4. The van der Waals surface area contributed by atoms with Gasteiger partial charge >= 0.3 is 0 Å². The highest BCUT2D eigenvalue weighted by molar-refractivity contribution is 7.09. The molecular weight excluding hydrogens is 237 g/mol. The summed E-state index contributed by atoms with van der Waals surface area (Å²) in [6.45, 7) is 1.55. The first-order valence-electron chi connectivity index (χ1n) is 5.30. The van der Waals surface area contributed by atoms with Crippen molar-refractivity contribution < 1.29 is 9.18 Å². The summed E-state index contributed by atoms with van der Waals surface area (Å²) in [6, 6.07) is 6.39. The van der Waals surface area contributed by atoms with Crippen molar-refractivity contribution in [1.29, 1.82) is 0 Å². The van der Waals surface area contributed by atoms with Crippen molar-refractivity contribution in [3.8, 4) is 0 Å². The molecule has 2 rings (SSSR count). The smallest absolute Gasteiger partial charge is 0.135 e. The van der Waals surface area contributed by atoms with E-state index in [1.165, 1.54) is 23.5 Å². The van der Waals surface area contributed by atoms with Gasteiger partial charge in [-0.2, -0.15) is 0 Å². The van der Waals surface area contributed by atoms with E-state index >= 15 is 0 Å². The van der Waals surface area contributed by atoms with Gasteiger partial charge in [-0.15, -0.1) is 11.3 Å². The Morgan fingerprint density at radius 2 is 2.06 bits per heavy atom. The van der Waals surface area contributed by atoms with Crippen molar-refractivity contribution in [1.82, 2.24) is 4.98 Å². The number of nitrogens with zero attached hydrogens (tertiary/aromatic N) is 1. The molecule has 0 unspecified atom stereocenters. The second-order valence-corrected chi connectivity index (χ2v) is 4.86. The highest BCUT2D eigenvalue weighted by Crippen LogP contribution is 2.15. The molecule has 0 amide bonds. The Balaban J connectivity index is 2.06. The zero-order valence-corrected chi connectivity index (χ0v) is 10.3. The number of hydrogen-bond donors (Lipinski definition) is 0. The summed E-state index contributed by atoms with van der Waals surface area (Å²) in [7, 11) is 0. The summed E-state index contributed by atoms with van der Waals surface area (Å²) in [6.07, 6.45) is 1.07. The molecule has 0 bridgehead atoms. The molecule has 17 heavy (non-hydrogen) atoms. The molecule has 1 aromatic heterocycles. The fourth-order valence-electron chi connectivity index (χ4n) is 1.54. The van der Waals surface area contributed by atoms with Crippen LogP contribution in [0.15, 0.2) is 29.6 Å². The minimum absolute atomic E-state index is 0.114. The van der Waals surface area contributed by atoms with Gasteiger partial charge in [-0.05, 0) is 24.6 Å². The number of benzene rings is 1. The minimum Gasteiger partial charge on any atom is -0.300 e.